The Kier molecular flexibility index (Phi) is 9.75. The summed E-state index contributed by atoms with van der Waals surface area (Å²) in [5.74, 6) is 2.40. The lowest BCUT2D eigenvalue weighted by Crippen LogP contribution is -2.35. The molecule has 220 valence electrons. The van der Waals surface area contributed by atoms with Gasteiger partial charge in [0.2, 0.25) is 0 Å². The van der Waals surface area contributed by atoms with Crippen LogP contribution in [0.15, 0.2) is 59.4 Å². The first kappa shape index (κ1) is 29.3. The summed E-state index contributed by atoms with van der Waals surface area (Å²) in [5.41, 5.74) is 4.81. The van der Waals surface area contributed by atoms with Gasteiger partial charge in [0.05, 0.1) is 37.8 Å². The summed E-state index contributed by atoms with van der Waals surface area (Å²) in [7, 11) is 1.94. The predicted molar refractivity (Wildman–Crippen MR) is 165 cm³/mol. The zero-order chi connectivity index (χ0) is 28.7. The van der Waals surface area contributed by atoms with Crippen molar-refractivity contribution in [1.29, 1.82) is 0 Å². The van der Waals surface area contributed by atoms with Crippen molar-refractivity contribution in [2.24, 2.45) is 10.4 Å². The molecule has 5 rings (SSSR count). The quantitative estimate of drug-likeness (QED) is 0.328. The van der Waals surface area contributed by atoms with Crippen LogP contribution in [-0.2, 0) is 20.8 Å². The number of imidazole rings is 1. The summed E-state index contributed by atoms with van der Waals surface area (Å²) in [6.07, 6.45) is 11.1. The van der Waals surface area contributed by atoms with Gasteiger partial charge in [-0.15, -0.1) is 0 Å². The largest absolute Gasteiger partial charge is 0.488 e. The lowest BCUT2D eigenvalue weighted by molar-refractivity contribution is -0.00299. The van der Waals surface area contributed by atoms with Crippen LogP contribution in [0.5, 0.6) is 0 Å². The minimum Gasteiger partial charge on any atom is -0.488 e. The van der Waals surface area contributed by atoms with Crippen molar-refractivity contribution in [3.05, 3.63) is 65.7 Å². The highest BCUT2D eigenvalue weighted by Crippen LogP contribution is 2.45. The summed E-state index contributed by atoms with van der Waals surface area (Å²) >= 11 is 0. The van der Waals surface area contributed by atoms with Gasteiger partial charge in [-0.3, -0.25) is 4.90 Å². The molecule has 2 fully saturated rings. The molecule has 1 aromatic heterocycles. The Bertz CT molecular complexity index is 1270. The third-order valence-corrected chi connectivity index (χ3v) is 8.22. The van der Waals surface area contributed by atoms with E-state index in [1.807, 2.05) is 13.3 Å². The van der Waals surface area contributed by atoms with E-state index in [0.29, 0.717) is 5.82 Å². The fraction of sp³-hybridized carbons (Fsp3) is 0.515. The van der Waals surface area contributed by atoms with E-state index < -0.39 is 0 Å². The van der Waals surface area contributed by atoms with Gasteiger partial charge in [0.1, 0.15) is 17.7 Å². The molecular weight excluding hydrogens is 514 g/mol. The number of likely N-dealkylation sites (N-methyl/N-ethyl adjacent to an activating group) is 1. The van der Waals surface area contributed by atoms with Gasteiger partial charge in [0.15, 0.2) is 5.82 Å². The third kappa shape index (κ3) is 7.18. The van der Waals surface area contributed by atoms with Crippen LogP contribution in [0.2, 0.25) is 0 Å². The molecule has 3 aliphatic rings. The standard InChI is InChI=1S/C33H45N5O3/c1-5-6-15-35-32-30(36-31(37-32)26-9-7-25(8-10-26)23-38-16-20-40-21-17-38)24(2)33(3)14-11-29(28(22-33)34-4)41-27-12-18-39-19-13-27/h7-11,15,22,27,34H,2,5-6,12-14,16-21,23H2,1,3-4H3,(H,36,37). The first-order chi connectivity index (χ1) is 20.0. The fourth-order valence-corrected chi connectivity index (χ4v) is 5.51. The van der Waals surface area contributed by atoms with Crippen LogP contribution in [0.25, 0.3) is 17.0 Å². The van der Waals surface area contributed by atoms with Crippen LogP contribution in [0, 0.1) is 5.41 Å². The number of allylic oxidation sites excluding steroid dienone is 3. The van der Waals surface area contributed by atoms with Gasteiger partial charge in [-0.25, -0.2) is 9.98 Å². The smallest absolute Gasteiger partial charge is 0.178 e. The van der Waals surface area contributed by atoms with Crippen molar-refractivity contribution < 1.29 is 14.2 Å². The van der Waals surface area contributed by atoms with Crippen LogP contribution < -0.4 is 5.32 Å². The molecule has 41 heavy (non-hydrogen) atoms. The van der Waals surface area contributed by atoms with E-state index in [1.165, 1.54) is 5.56 Å². The minimum absolute atomic E-state index is 0.189. The lowest BCUT2D eigenvalue weighted by atomic mass is 9.75. The number of hydrogen-bond acceptors (Lipinski definition) is 7. The van der Waals surface area contributed by atoms with Crippen molar-refractivity contribution in [1.82, 2.24) is 20.2 Å². The topological polar surface area (TPSA) is 84.0 Å². The van der Waals surface area contributed by atoms with E-state index in [4.69, 9.17) is 24.2 Å². The van der Waals surface area contributed by atoms with Gasteiger partial charge < -0.3 is 24.5 Å². The van der Waals surface area contributed by atoms with Crippen molar-refractivity contribution in [2.45, 2.75) is 58.6 Å². The van der Waals surface area contributed by atoms with Crippen LogP contribution in [0.4, 0.5) is 5.82 Å². The molecular formula is C33H45N5O3. The zero-order valence-corrected chi connectivity index (χ0v) is 24.9. The van der Waals surface area contributed by atoms with E-state index >= 15 is 0 Å². The Morgan fingerprint density at radius 1 is 1.20 bits per heavy atom. The number of ether oxygens (including phenoxy) is 3. The van der Waals surface area contributed by atoms with Crippen molar-refractivity contribution >= 4 is 17.6 Å². The predicted octanol–water partition coefficient (Wildman–Crippen LogP) is 6.02. The number of aromatic nitrogens is 2. The maximum atomic E-state index is 6.39. The van der Waals surface area contributed by atoms with Gasteiger partial charge in [0, 0.05) is 56.7 Å². The number of nitrogens with zero attached hydrogens (tertiary/aromatic N) is 3. The average molecular weight is 560 g/mol. The van der Waals surface area contributed by atoms with Gasteiger partial charge in [-0.2, -0.15) is 0 Å². The maximum absolute atomic E-state index is 6.39. The Balaban J connectivity index is 1.37. The molecule has 0 amide bonds. The number of morpholine rings is 1. The fourth-order valence-electron chi connectivity index (χ4n) is 5.51. The van der Waals surface area contributed by atoms with E-state index in [9.17, 15) is 0 Å². The number of unbranched alkanes of at least 4 members (excludes halogenated alkanes) is 1. The molecule has 2 saturated heterocycles. The molecule has 2 aliphatic heterocycles. The molecule has 1 unspecified atom stereocenters. The maximum Gasteiger partial charge on any atom is 0.178 e. The highest BCUT2D eigenvalue weighted by atomic mass is 16.5. The van der Waals surface area contributed by atoms with Crippen LogP contribution in [-0.4, -0.2) is 73.8 Å². The number of H-pyrrole nitrogens is 1. The molecule has 0 saturated carbocycles. The van der Waals surface area contributed by atoms with Gasteiger partial charge in [-0.05, 0) is 36.1 Å². The van der Waals surface area contributed by atoms with Gasteiger partial charge in [0.25, 0.3) is 0 Å². The van der Waals surface area contributed by atoms with Crippen LogP contribution in [0.3, 0.4) is 0 Å². The van der Waals surface area contributed by atoms with Crippen LogP contribution in [0.1, 0.15) is 57.2 Å². The molecule has 0 bridgehead atoms. The monoisotopic (exact) mass is 559 g/mol. The molecule has 0 radical (unpaired) electrons. The SMILES string of the molecule is C=C(c1[nH]c(-c2ccc(CN3CCOCC3)cc2)nc1N=CCCC)C1(C)C=C(NC)C(OC2CCOCC2)=CC1. The first-order valence-corrected chi connectivity index (χ1v) is 15.1. The Morgan fingerprint density at radius 2 is 1.93 bits per heavy atom. The Morgan fingerprint density at radius 3 is 2.63 bits per heavy atom. The molecule has 0 spiro atoms. The van der Waals surface area contributed by atoms with Crippen molar-refractivity contribution in [3.63, 3.8) is 0 Å². The second kappa shape index (κ2) is 13.6. The molecule has 2 aromatic rings. The highest BCUT2D eigenvalue weighted by molar-refractivity contribution is 5.79. The summed E-state index contributed by atoms with van der Waals surface area (Å²) < 4.78 is 17.4. The number of rotatable bonds is 11. The number of hydrogen-bond donors (Lipinski definition) is 2. The van der Waals surface area contributed by atoms with Crippen molar-refractivity contribution in [2.75, 3.05) is 46.6 Å². The molecule has 8 heteroatoms. The molecule has 3 heterocycles. The normalized spacial score (nSPS) is 22.4. The zero-order valence-electron chi connectivity index (χ0n) is 24.9. The second-order valence-corrected chi connectivity index (χ2v) is 11.4. The Labute approximate surface area is 244 Å². The molecule has 2 N–H and O–H groups in total. The highest BCUT2D eigenvalue weighted by Gasteiger charge is 2.34. The van der Waals surface area contributed by atoms with E-state index in [1.54, 1.807) is 0 Å². The average Bonchev–Trinajstić information content (AvgIpc) is 3.43. The van der Waals surface area contributed by atoms with Gasteiger partial charge in [-0.1, -0.05) is 51.1 Å². The first-order valence-electron chi connectivity index (χ1n) is 15.1. The van der Waals surface area contributed by atoms with E-state index in [-0.39, 0.29) is 11.5 Å². The molecule has 1 aromatic carbocycles. The number of nitrogens with one attached hydrogen (secondary N) is 2. The Hall–Kier alpha value is -3.20. The van der Waals surface area contributed by atoms with E-state index in [2.05, 4.69) is 72.0 Å². The third-order valence-electron chi connectivity index (χ3n) is 8.22. The number of aromatic amines is 1. The summed E-state index contributed by atoms with van der Waals surface area (Å²) in [4.78, 5) is 15.7. The lowest BCUT2D eigenvalue weighted by Gasteiger charge is -2.34. The summed E-state index contributed by atoms with van der Waals surface area (Å²) in [6, 6.07) is 8.67. The molecule has 8 nitrogen and oxygen atoms in total. The second-order valence-electron chi connectivity index (χ2n) is 11.4. The molecule has 1 aliphatic carbocycles. The van der Waals surface area contributed by atoms with E-state index in [0.717, 1.165) is 112 Å². The van der Waals surface area contributed by atoms with Gasteiger partial charge >= 0.3 is 0 Å². The minimum atomic E-state index is -0.332. The number of aliphatic imine (C=N–C) groups is 1. The summed E-state index contributed by atoms with van der Waals surface area (Å²) in [5, 5.41) is 3.36. The number of benzene rings is 1. The van der Waals surface area contributed by atoms with Crippen molar-refractivity contribution in [3.8, 4) is 11.4 Å². The van der Waals surface area contributed by atoms with Crippen LogP contribution >= 0.6 is 0 Å². The summed E-state index contributed by atoms with van der Waals surface area (Å²) in [6.45, 7) is 15.0. The molecule has 1 atom stereocenters.